The van der Waals surface area contributed by atoms with Crippen LogP contribution in [-0.2, 0) is 0 Å². The fourth-order valence-electron chi connectivity index (χ4n) is 6.61. The van der Waals surface area contributed by atoms with Gasteiger partial charge in [-0.05, 0) is 88.4 Å². The average molecular weight is 487 g/mol. The fourth-order valence-corrected chi connectivity index (χ4v) is 6.61. The highest BCUT2D eigenvalue weighted by atomic mass is 16.3. The van der Waals surface area contributed by atoms with E-state index in [0.29, 0.717) is 11.7 Å². The molecule has 4 rings (SSSR count). The molecule has 2 aliphatic heterocycles. The molecule has 2 saturated heterocycles. The number of nitrogens with one attached hydrogen (secondary N) is 1. The molecule has 3 aliphatic rings. The third-order valence-electron chi connectivity index (χ3n) is 8.89. The average Bonchev–Trinajstić information content (AvgIpc) is 3.40. The Balaban J connectivity index is 1.37. The van der Waals surface area contributed by atoms with Gasteiger partial charge in [0.15, 0.2) is 11.7 Å². The first-order chi connectivity index (χ1) is 16.9. The maximum atomic E-state index is 13.5. The maximum absolute atomic E-state index is 13.5. The third kappa shape index (κ3) is 6.39. The third-order valence-corrected chi connectivity index (χ3v) is 8.89. The van der Waals surface area contributed by atoms with E-state index in [2.05, 4.69) is 34.0 Å². The molecule has 1 saturated carbocycles. The topological polar surface area (TPSA) is 113 Å². The zero-order valence-corrected chi connectivity index (χ0v) is 21.8. The van der Waals surface area contributed by atoms with Crippen molar-refractivity contribution in [2.75, 3.05) is 26.2 Å². The van der Waals surface area contributed by atoms with Crippen LogP contribution in [0.4, 0.5) is 0 Å². The number of carbonyl (C=O) groups is 1. The van der Waals surface area contributed by atoms with E-state index in [-0.39, 0.29) is 35.5 Å². The van der Waals surface area contributed by atoms with Crippen molar-refractivity contribution >= 4 is 11.9 Å². The van der Waals surface area contributed by atoms with Crippen LogP contribution in [0.2, 0.25) is 0 Å². The zero-order chi connectivity index (χ0) is 24.8. The molecule has 3 fully saturated rings. The summed E-state index contributed by atoms with van der Waals surface area (Å²) in [5, 5.41) is 3.64. The summed E-state index contributed by atoms with van der Waals surface area (Å²) in [7, 11) is 0. The number of hydrogen-bond acceptors (Lipinski definition) is 5. The van der Waals surface area contributed by atoms with Crippen LogP contribution in [0, 0.1) is 11.3 Å². The van der Waals surface area contributed by atoms with Crippen LogP contribution >= 0.6 is 0 Å². The second-order valence-electron chi connectivity index (χ2n) is 11.3. The molecule has 8 heteroatoms. The summed E-state index contributed by atoms with van der Waals surface area (Å²) < 4.78 is 5.51. The molecule has 0 radical (unpaired) electrons. The Hall–Kier alpha value is -2.06. The van der Waals surface area contributed by atoms with Gasteiger partial charge in [0.1, 0.15) is 0 Å². The van der Waals surface area contributed by atoms with E-state index in [9.17, 15) is 4.79 Å². The molecule has 1 aromatic rings. The number of aliphatic imine (C=N–C) groups is 1. The molecule has 1 amide bonds. The number of carbonyl (C=O) groups excluding carboxylic acids is 1. The SMILES string of the molecule is CC1CCC(N(C(=O)c2ccco2)C2CCN(CCC3(C(C)N=C(N)N)CCCCC3)CC2)NC1. The van der Waals surface area contributed by atoms with E-state index in [1.54, 1.807) is 18.4 Å². The molecular weight excluding hydrogens is 440 g/mol. The number of nitrogens with two attached hydrogens (primary N) is 2. The zero-order valence-electron chi connectivity index (χ0n) is 21.8. The van der Waals surface area contributed by atoms with Crippen molar-refractivity contribution in [1.82, 2.24) is 15.1 Å². The van der Waals surface area contributed by atoms with Gasteiger partial charge < -0.3 is 25.7 Å². The first-order valence-corrected chi connectivity index (χ1v) is 13.8. The van der Waals surface area contributed by atoms with Crippen molar-refractivity contribution in [3.8, 4) is 0 Å². The molecule has 0 bridgehead atoms. The second-order valence-corrected chi connectivity index (χ2v) is 11.3. The smallest absolute Gasteiger partial charge is 0.291 e. The van der Waals surface area contributed by atoms with Crippen LogP contribution in [0.15, 0.2) is 27.8 Å². The molecule has 1 aliphatic carbocycles. The summed E-state index contributed by atoms with van der Waals surface area (Å²) in [5.74, 6) is 1.32. The van der Waals surface area contributed by atoms with Crippen LogP contribution in [0.3, 0.4) is 0 Å². The van der Waals surface area contributed by atoms with Gasteiger partial charge in [-0.3, -0.25) is 15.1 Å². The van der Waals surface area contributed by atoms with Gasteiger partial charge >= 0.3 is 0 Å². The van der Waals surface area contributed by atoms with Crippen molar-refractivity contribution in [2.24, 2.45) is 27.8 Å². The summed E-state index contributed by atoms with van der Waals surface area (Å²) in [4.78, 5) is 22.7. The van der Waals surface area contributed by atoms with E-state index < -0.39 is 0 Å². The van der Waals surface area contributed by atoms with E-state index >= 15 is 0 Å². The number of amides is 1. The van der Waals surface area contributed by atoms with Crippen molar-refractivity contribution in [3.05, 3.63) is 24.2 Å². The molecule has 3 heterocycles. The Morgan fingerprint density at radius 1 is 1.23 bits per heavy atom. The first kappa shape index (κ1) is 26.0. The van der Waals surface area contributed by atoms with Gasteiger partial charge in [0, 0.05) is 19.1 Å². The highest BCUT2D eigenvalue weighted by molar-refractivity contribution is 5.92. The summed E-state index contributed by atoms with van der Waals surface area (Å²) in [5.41, 5.74) is 11.7. The van der Waals surface area contributed by atoms with Gasteiger partial charge in [-0.25, -0.2) is 0 Å². The lowest BCUT2D eigenvalue weighted by Gasteiger charge is -2.45. The highest BCUT2D eigenvalue weighted by Gasteiger charge is 2.39. The van der Waals surface area contributed by atoms with Crippen molar-refractivity contribution in [1.29, 1.82) is 0 Å². The van der Waals surface area contributed by atoms with Crippen molar-refractivity contribution in [3.63, 3.8) is 0 Å². The van der Waals surface area contributed by atoms with Gasteiger partial charge in [0.25, 0.3) is 5.91 Å². The fraction of sp³-hybridized carbons (Fsp3) is 0.778. The van der Waals surface area contributed by atoms with Gasteiger partial charge in [-0.2, -0.15) is 0 Å². The highest BCUT2D eigenvalue weighted by Crippen LogP contribution is 2.44. The summed E-state index contributed by atoms with van der Waals surface area (Å²) in [6.45, 7) is 8.52. The molecule has 3 atom stereocenters. The van der Waals surface area contributed by atoms with Gasteiger partial charge in [-0.15, -0.1) is 0 Å². The minimum atomic E-state index is 0.0210. The molecule has 35 heavy (non-hydrogen) atoms. The largest absolute Gasteiger partial charge is 0.459 e. The van der Waals surface area contributed by atoms with Gasteiger partial charge in [0.2, 0.25) is 0 Å². The monoisotopic (exact) mass is 486 g/mol. The number of nitrogens with zero attached hydrogens (tertiary/aromatic N) is 3. The minimum absolute atomic E-state index is 0.0210. The van der Waals surface area contributed by atoms with Crippen molar-refractivity contribution < 1.29 is 9.21 Å². The van der Waals surface area contributed by atoms with Crippen LogP contribution in [-0.4, -0.2) is 66.1 Å². The molecule has 3 unspecified atom stereocenters. The van der Waals surface area contributed by atoms with Crippen LogP contribution in [0.1, 0.15) is 88.6 Å². The first-order valence-electron chi connectivity index (χ1n) is 13.8. The molecule has 5 N–H and O–H groups in total. The number of rotatable bonds is 8. The van der Waals surface area contributed by atoms with Crippen LogP contribution < -0.4 is 16.8 Å². The minimum Gasteiger partial charge on any atom is -0.459 e. The molecule has 196 valence electrons. The summed E-state index contributed by atoms with van der Waals surface area (Å²) in [6, 6.07) is 3.98. The number of likely N-dealkylation sites (tertiary alicyclic amines) is 1. The summed E-state index contributed by atoms with van der Waals surface area (Å²) in [6.07, 6.45) is 13.2. The van der Waals surface area contributed by atoms with Crippen molar-refractivity contribution in [2.45, 2.75) is 96.3 Å². The van der Waals surface area contributed by atoms with E-state index in [1.165, 1.54) is 32.1 Å². The van der Waals surface area contributed by atoms with E-state index in [0.717, 1.165) is 58.3 Å². The number of furan rings is 1. The number of piperidine rings is 2. The lowest BCUT2D eigenvalue weighted by atomic mass is 9.67. The van der Waals surface area contributed by atoms with Gasteiger partial charge in [0.05, 0.1) is 18.5 Å². The number of hydrogen-bond donors (Lipinski definition) is 3. The van der Waals surface area contributed by atoms with E-state index in [1.807, 2.05) is 0 Å². The molecule has 8 nitrogen and oxygen atoms in total. The molecular formula is C27H46N6O2. The Bertz CT molecular complexity index is 815. The number of guanidine groups is 1. The quantitative estimate of drug-likeness (QED) is 0.383. The second kappa shape index (κ2) is 11.8. The Morgan fingerprint density at radius 3 is 2.57 bits per heavy atom. The van der Waals surface area contributed by atoms with E-state index in [4.69, 9.17) is 15.9 Å². The molecule has 0 spiro atoms. The predicted molar refractivity (Wildman–Crippen MR) is 140 cm³/mol. The lowest BCUT2D eigenvalue weighted by Crippen LogP contribution is -2.58. The standard InChI is InChI=1S/C27H46N6O2/c1-20-8-9-24(30-19-20)33(25(34)23-7-6-18-35-23)22-10-15-32(16-11-22)17-14-27(12-4-3-5-13-27)21(2)31-26(28)29/h6-7,18,20-22,24,30H,3-5,8-17,19H2,1-2H3,(H4,28,29,31). The maximum Gasteiger partial charge on any atom is 0.291 e. The predicted octanol–water partition coefficient (Wildman–Crippen LogP) is 3.53. The van der Waals surface area contributed by atoms with Crippen LogP contribution in [0.25, 0.3) is 0 Å². The Kier molecular flexibility index (Phi) is 8.76. The normalized spacial score (nSPS) is 26.7. The summed E-state index contributed by atoms with van der Waals surface area (Å²) >= 11 is 0. The molecule has 1 aromatic heterocycles. The Labute approximate surface area is 210 Å². The van der Waals surface area contributed by atoms with Gasteiger partial charge in [-0.1, -0.05) is 26.2 Å². The lowest BCUT2D eigenvalue weighted by molar-refractivity contribution is 0.0243. The Morgan fingerprint density at radius 2 is 1.97 bits per heavy atom. The van der Waals surface area contributed by atoms with Crippen LogP contribution in [0.5, 0.6) is 0 Å². The molecule has 0 aromatic carbocycles.